The van der Waals surface area contributed by atoms with E-state index in [2.05, 4.69) is 20.5 Å². The first-order chi connectivity index (χ1) is 11.7. The Hall–Kier alpha value is -2.64. The lowest BCUT2D eigenvalue weighted by atomic mass is 10.1. The van der Waals surface area contributed by atoms with E-state index in [9.17, 15) is 4.79 Å². The topological polar surface area (TPSA) is 93.4 Å². The molecule has 0 bridgehead atoms. The van der Waals surface area contributed by atoms with Gasteiger partial charge in [-0.25, -0.2) is 9.78 Å². The molecule has 0 radical (unpaired) electrons. The normalized spacial score (nSPS) is 15.3. The van der Waals surface area contributed by atoms with E-state index in [1.807, 2.05) is 26.0 Å². The van der Waals surface area contributed by atoms with Gasteiger partial charge in [-0.3, -0.25) is 0 Å². The molecule has 1 fully saturated rings. The Morgan fingerprint density at radius 3 is 2.88 bits per heavy atom. The Labute approximate surface area is 140 Å². The summed E-state index contributed by atoms with van der Waals surface area (Å²) in [6.45, 7) is 5.40. The first-order valence-electron chi connectivity index (χ1n) is 8.10. The van der Waals surface area contributed by atoms with E-state index in [0.717, 1.165) is 18.6 Å². The van der Waals surface area contributed by atoms with Crippen LogP contribution >= 0.6 is 0 Å². The minimum Gasteiger partial charge on any atom is -0.460 e. The number of rotatable bonds is 4. The molecule has 0 atom stereocenters. The fourth-order valence-electron chi connectivity index (χ4n) is 2.66. The van der Waals surface area contributed by atoms with Gasteiger partial charge in [-0.1, -0.05) is 0 Å². The zero-order valence-electron chi connectivity index (χ0n) is 13.9. The van der Waals surface area contributed by atoms with Gasteiger partial charge in [-0.15, -0.1) is 5.10 Å². The maximum Gasteiger partial charge on any atom is 0.409 e. The summed E-state index contributed by atoms with van der Waals surface area (Å²) in [5.41, 5.74) is 0.643. The number of nitrogens with zero attached hydrogens (tertiary/aromatic N) is 4. The molecule has 1 amide bonds. The molecule has 3 heterocycles. The van der Waals surface area contributed by atoms with Gasteiger partial charge in [0.15, 0.2) is 5.76 Å². The smallest absolute Gasteiger partial charge is 0.409 e. The second kappa shape index (κ2) is 7.29. The Morgan fingerprint density at radius 1 is 1.42 bits per heavy atom. The quantitative estimate of drug-likeness (QED) is 0.919. The van der Waals surface area contributed by atoms with E-state index in [4.69, 9.17) is 9.15 Å². The molecule has 1 saturated heterocycles. The molecule has 0 aliphatic carbocycles. The van der Waals surface area contributed by atoms with Crippen molar-refractivity contribution in [3.05, 3.63) is 24.1 Å². The average molecular weight is 331 g/mol. The van der Waals surface area contributed by atoms with Crippen LogP contribution in [0.25, 0.3) is 11.5 Å². The molecular weight excluding hydrogens is 310 g/mol. The lowest BCUT2D eigenvalue weighted by molar-refractivity contribution is 0.0983. The molecule has 1 N–H and O–H groups in total. The maximum absolute atomic E-state index is 11.7. The molecular formula is C16H21N5O3. The molecule has 1 aliphatic rings. The van der Waals surface area contributed by atoms with Crippen molar-refractivity contribution in [1.82, 2.24) is 20.1 Å². The summed E-state index contributed by atoms with van der Waals surface area (Å²) in [5, 5.41) is 11.3. The molecule has 0 saturated carbocycles. The molecule has 0 spiro atoms. The third-order valence-electron chi connectivity index (χ3n) is 3.91. The highest BCUT2D eigenvalue weighted by Gasteiger charge is 2.24. The molecule has 128 valence electrons. The van der Waals surface area contributed by atoms with Gasteiger partial charge in [0.25, 0.3) is 0 Å². The fourth-order valence-corrected chi connectivity index (χ4v) is 2.66. The predicted molar refractivity (Wildman–Crippen MR) is 87.5 cm³/mol. The Bertz CT molecular complexity index is 695. The largest absolute Gasteiger partial charge is 0.460 e. The second-order valence-electron chi connectivity index (χ2n) is 5.68. The van der Waals surface area contributed by atoms with Crippen LogP contribution < -0.4 is 5.32 Å². The molecule has 2 aromatic heterocycles. The lowest BCUT2D eigenvalue weighted by Gasteiger charge is -2.31. The number of aryl methyl sites for hydroxylation is 1. The summed E-state index contributed by atoms with van der Waals surface area (Å²) in [6.07, 6.45) is 2.95. The molecule has 2 aromatic rings. The van der Waals surface area contributed by atoms with Crippen LogP contribution in [-0.4, -0.2) is 51.9 Å². The van der Waals surface area contributed by atoms with Crippen molar-refractivity contribution in [1.29, 1.82) is 0 Å². The average Bonchev–Trinajstić information content (AvgIpc) is 3.03. The van der Waals surface area contributed by atoms with Gasteiger partial charge in [0.2, 0.25) is 5.95 Å². The number of likely N-dealkylation sites (tertiary alicyclic amines) is 1. The van der Waals surface area contributed by atoms with Gasteiger partial charge >= 0.3 is 6.09 Å². The number of aromatic nitrogens is 3. The highest BCUT2D eigenvalue weighted by atomic mass is 16.6. The lowest BCUT2D eigenvalue weighted by Crippen LogP contribution is -2.42. The number of hydrogen-bond donors (Lipinski definition) is 1. The summed E-state index contributed by atoms with van der Waals surface area (Å²) in [4.78, 5) is 17.9. The summed E-state index contributed by atoms with van der Waals surface area (Å²) in [7, 11) is 0. The van der Waals surface area contributed by atoms with Crippen LogP contribution in [0.4, 0.5) is 10.7 Å². The third-order valence-corrected chi connectivity index (χ3v) is 3.91. The van der Waals surface area contributed by atoms with Crippen LogP contribution in [0.1, 0.15) is 25.5 Å². The number of anilines is 1. The molecule has 0 unspecified atom stereocenters. The van der Waals surface area contributed by atoms with Crippen LogP contribution in [0.5, 0.6) is 0 Å². The maximum atomic E-state index is 11.7. The molecule has 24 heavy (non-hydrogen) atoms. The highest BCUT2D eigenvalue weighted by molar-refractivity contribution is 5.67. The minimum atomic E-state index is -0.246. The van der Waals surface area contributed by atoms with Crippen molar-refractivity contribution in [2.45, 2.75) is 32.7 Å². The molecule has 8 heteroatoms. The van der Waals surface area contributed by atoms with E-state index in [-0.39, 0.29) is 12.1 Å². The van der Waals surface area contributed by atoms with Crippen molar-refractivity contribution in [2.24, 2.45) is 0 Å². The number of nitrogens with one attached hydrogen (secondary N) is 1. The standard InChI is InChI=1S/C16H21N5O3/c1-3-23-16(22)21-8-6-12(7-9-21)18-15-19-13(10-17-20-15)14-5-4-11(2)24-14/h4-5,10,12H,3,6-9H2,1-2H3,(H,18,19,20). The number of ether oxygens (including phenoxy) is 1. The van der Waals surface area contributed by atoms with Gasteiger partial charge in [0, 0.05) is 19.1 Å². The zero-order valence-corrected chi connectivity index (χ0v) is 13.9. The summed E-state index contributed by atoms with van der Waals surface area (Å²) >= 11 is 0. The molecule has 1 aliphatic heterocycles. The Morgan fingerprint density at radius 2 is 2.21 bits per heavy atom. The van der Waals surface area contributed by atoms with Gasteiger partial charge in [0.1, 0.15) is 11.5 Å². The monoisotopic (exact) mass is 331 g/mol. The van der Waals surface area contributed by atoms with E-state index < -0.39 is 0 Å². The molecule has 3 rings (SSSR count). The van der Waals surface area contributed by atoms with Crippen molar-refractivity contribution in [3.8, 4) is 11.5 Å². The first-order valence-corrected chi connectivity index (χ1v) is 8.10. The number of carbonyl (C=O) groups is 1. The molecule has 0 aromatic carbocycles. The van der Waals surface area contributed by atoms with Crippen LogP contribution in [0.2, 0.25) is 0 Å². The minimum absolute atomic E-state index is 0.200. The SMILES string of the molecule is CCOC(=O)N1CCC(Nc2nncc(-c3ccc(C)o3)n2)CC1. The van der Waals surface area contributed by atoms with E-state index >= 15 is 0 Å². The van der Waals surface area contributed by atoms with Crippen molar-refractivity contribution in [3.63, 3.8) is 0 Å². The number of amides is 1. The van der Waals surface area contributed by atoms with Gasteiger partial charge in [0.05, 0.1) is 12.8 Å². The number of piperidine rings is 1. The van der Waals surface area contributed by atoms with Gasteiger partial charge < -0.3 is 19.4 Å². The van der Waals surface area contributed by atoms with Crippen LogP contribution in [0.3, 0.4) is 0 Å². The molecule has 8 nitrogen and oxygen atoms in total. The van der Waals surface area contributed by atoms with Crippen molar-refractivity contribution >= 4 is 12.0 Å². The summed E-state index contributed by atoms with van der Waals surface area (Å²) in [5.74, 6) is 1.96. The van der Waals surface area contributed by atoms with E-state index in [1.165, 1.54) is 0 Å². The Kier molecular flexibility index (Phi) is 4.93. The predicted octanol–water partition coefficient (Wildman–Crippen LogP) is 2.47. The van der Waals surface area contributed by atoms with Gasteiger partial charge in [-0.2, -0.15) is 5.10 Å². The highest BCUT2D eigenvalue weighted by Crippen LogP contribution is 2.20. The summed E-state index contributed by atoms with van der Waals surface area (Å²) in [6, 6.07) is 3.95. The van der Waals surface area contributed by atoms with Crippen LogP contribution in [0, 0.1) is 6.92 Å². The fraction of sp³-hybridized carbons (Fsp3) is 0.500. The third kappa shape index (κ3) is 3.81. The zero-order chi connectivity index (χ0) is 16.9. The number of furan rings is 1. The van der Waals surface area contributed by atoms with Crippen LogP contribution in [0.15, 0.2) is 22.7 Å². The van der Waals surface area contributed by atoms with Crippen molar-refractivity contribution in [2.75, 3.05) is 25.0 Å². The van der Waals surface area contributed by atoms with Gasteiger partial charge in [-0.05, 0) is 38.8 Å². The number of carbonyl (C=O) groups excluding carboxylic acids is 1. The van der Waals surface area contributed by atoms with E-state index in [1.54, 1.807) is 11.1 Å². The Balaban J connectivity index is 1.58. The van der Waals surface area contributed by atoms with Crippen molar-refractivity contribution < 1.29 is 13.9 Å². The number of hydrogen-bond acceptors (Lipinski definition) is 7. The first kappa shape index (κ1) is 16.2. The van der Waals surface area contributed by atoms with Crippen LogP contribution in [-0.2, 0) is 4.74 Å². The van der Waals surface area contributed by atoms with E-state index in [0.29, 0.717) is 37.1 Å². The summed E-state index contributed by atoms with van der Waals surface area (Å²) < 4.78 is 10.6. The second-order valence-corrected chi connectivity index (χ2v) is 5.68.